The van der Waals surface area contributed by atoms with Crippen LogP contribution in [0.15, 0.2) is 29.4 Å². The summed E-state index contributed by atoms with van der Waals surface area (Å²) in [4.78, 5) is 23.9. The first kappa shape index (κ1) is 15.6. The maximum absolute atomic E-state index is 11.6. The third kappa shape index (κ3) is 7.06. The molecule has 0 aliphatic carbocycles. The van der Waals surface area contributed by atoms with E-state index in [9.17, 15) is 14.3 Å². The largest absolute Gasteiger partial charge is 0.481 e. The molecule has 0 aromatic carbocycles. The Bertz CT molecular complexity index is 429. The van der Waals surface area contributed by atoms with Crippen molar-refractivity contribution in [1.82, 2.24) is 4.98 Å². The van der Waals surface area contributed by atoms with E-state index in [4.69, 9.17) is 5.11 Å². The van der Waals surface area contributed by atoms with Crippen LogP contribution in [0.3, 0.4) is 0 Å². The Morgan fingerprint density at radius 3 is 2.78 bits per heavy atom. The van der Waals surface area contributed by atoms with E-state index in [0.717, 1.165) is 5.03 Å². The van der Waals surface area contributed by atoms with Crippen LogP contribution in [-0.2, 0) is 9.36 Å². The molecule has 1 unspecified atom stereocenters. The van der Waals surface area contributed by atoms with Crippen LogP contribution in [0.5, 0.6) is 0 Å². The normalized spacial score (nSPS) is 14.1. The average Bonchev–Trinajstić information content (AvgIpc) is 2.34. The first-order valence-corrected chi connectivity index (χ1v) is 9.58. The second kappa shape index (κ2) is 7.84. The lowest BCUT2D eigenvalue weighted by molar-refractivity contribution is -0.136. The molecule has 18 heavy (non-hydrogen) atoms. The van der Waals surface area contributed by atoms with Crippen LogP contribution >= 0.6 is 29.0 Å². The minimum atomic E-state index is -3.30. The van der Waals surface area contributed by atoms with Crippen molar-refractivity contribution in [3.05, 3.63) is 24.4 Å². The zero-order chi connectivity index (χ0) is 13.4. The monoisotopic (exact) mass is 307 g/mol. The Hall–Kier alpha value is -0.490. The smallest absolute Gasteiger partial charge is 0.303 e. The molecule has 0 bridgehead atoms. The molecule has 0 saturated carbocycles. The van der Waals surface area contributed by atoms with Crippen molar-refractivity contribution in [2.24, 2.45) is 0 Å². The van der Waals surface area contributed by atoms with Gasteiger partial charge in [0.05, 0.1) is 6.42 Å². The molecule has 0 amide bonds. The van der Waals surface area contributed by atoms with Gasteiger partial charge in [-0.2, -0.15) is 0 Å². The molecule has 8 heteroatoms. The SMILES string of the molecule is O=C(O)CCP(=O)(O)CCSSc1ccccn1. The topological polar surface area (TPSA) is 87.5 Å². The van der Waals surface area contributed by atoms with E-state index in [1.165, 1.54) is 21.6 Å². The minimum Gasteiger partial charge on any atom is -0.481 e. The predicted octanol–water partition coefficient (Wildman–Crippen LogP) is 2.57. The number of hydrogen-bond acceptors (Lipinski definition) is 5. The molecular formula is C10H14NO4PS2. The highest BCUT2D eigenvalue weighted by Crippen LogP contribution is 2.43. The number of carboxylic acid groups (broad SMARTS) is 1. The van der Waals surface area contributed by atoms with E-state index in [0.29, 0.717) is 5.75 Å². The third-order valence-electron chi connectivity index (χ3n) is 1.98. The Balaban J connectivity index is 2.21. The number of aromatic nitrogens is 1. The number of carbonyl (C=O) groups is 1. The average molecular weight is 307 g/mol. The minimum absolute atomic E-state index is 0.130. The maximum atomic E-state index is 11.6. The van der Waals surface area contributed by atoms with E-state index in [-0.39, 0.29) is 18.7 Å². The van der Waals surface area contributed by atoms with Gasteiger partial charge in [-0.25, -0.2) is 4.98 Å². The summed E-state index contributed by atoms with van der Waals surface area (Å²) in [6.07, 6.45) is 1.40. The standard InChI is InChI=1S/C10H14NO4PS2/c12-10(13)4-6-16(14,15)7-8-17-18-9-3-1-2-5-11-9/h1-3,5H,4,6-8H2,(H,12,13)(H,14,15). The summed E-state index contributed by atoms with van der Waals surface area (Å²) >= 11 is 0. The van der Waals surface area contributed by atoms with Crippen molar-refractivity contribution in [3.63, 3.8) is 0 Å². The second-order valence-electron chi connectivity index (χ2n) is 3.51. The summed E-state index contributed by atoms with van der Waals surface area (Å²) in [5.41, 5.74) is 0. The zero-order valence-electron chi connectivity index (χ0n) is 9.56. The number of hydrogen-bond donors (Lipinski definition) is 2. The van der Waals surface area contributed by atoms with Gasteiger partial charge < -0.3 is 10.00 Å². The Kier molecular flexibility index (Phi) is 6.78. The highest BCUT2D eigenvalue weighted by atomic mass is 33.1. The number of aliphatic carboxylic acids is 1. The Morgan fingerprint density at radius 1 is 1.39 bits per heavy atom. The number of pyridine rings is 1. The van der Waals surface area contributed by atoms with E-state index >= 15 is 0 Å². The van der Waals surface area contributed by atoms with Gasteiger partial charge in [0.15, 0.2) is 0 Å². The zero-order valence-corrected chi connectivity index (χ0v) is 12.1. The number of rotatable bonds is 8. The molecule has 1 aromatic heterocycles. The fraction of sp³-hybridized carbons (Fsp3) is 0.400. The molecule has 0 fully saturated rings. The van der Waals surface area contributed by atoms with Gasteiger partial charge in [-0.05, 0) is 22.9 Å². The third-order valence-corrected chi connectivity index (χ3v) is 6.40. The van der Waals surface area contributed by atoms with Crippen molar-refractivity contribution in [2.75, 3.05) is 18.1 Å². The summed E-state index contributed by atoms with van der Waals surface area (Å²) in [6, 6.07) is 5.56. The predicted molar refractivity (Wildman–Crippen MR) is 74.4 cm³/mol. The van der Waals surface area contributed by atoms with Crippen molar-refractivity contribution in [3.8, 4) is 0 Å². The lowest BCUT2D eigenvalue weighted by Crippen LogP contribution is -2.03. The number of carboxylic acids is 1. The molecule has 1 atom stereocenters. The summed E-state index contributed by atoms with van der Waals surface area (Å²) in [5.74, 6) is -0.547. The van der Waals surface area contributed by atoms with Crippen molar-refractivity contribution >= 4 is 34.9 Å². The molecule has 2 N–H and O–H groups in total. The van der Waals surface area contributed by atoms with Gasteiger partial charge in [0.2, 0.25) is 7.37 Å². The molecule has 1 heterocycles. The Morgan fingerprint density at radius 2 is 2.17 bits per heavy atom. The second-order valence-corrected chi connectivity index (χ2v) is 8.53. The van der Waals surface area contributed by atoms with E-state index in [2.05, 4.69) is 4.98 Å². The van der Waals surface area contributed by atoms with Crippen molar-refractivity contribution in [1.29, 1.82) is 0 Å². The van der Waals surface area contributed by atoms with Gasteiger partial charge in [0, 0.05) is 24.3 Å². The van der Waals surface area contributed by atoms with Crippen LogP contribution in [0, 0.1) is 0 Å². The van der Waals surface area contributed by atoms with Gasteiger partial charge >= 0.3 is 5.97 Å². The van der Waals surface area contributed by atoms with E-state index in [1.807, 2.05) is 18.2 Å². The van der Waals surface area contributed by atoms with Crippen molar-refractivity contribution in [2.45, 2.75) is 11.4 Å². The first-order valence-electron chi connectivity index (χ1n) is 5.23. The molecule has 0 saturated heterocycles. The van der Waals surface area contributed by atoms with Crippen molar-refractivity contribution < 1.29 is 19.4 Å². The van der Waals surface area contributed by atoms with Crippen LogP contribution in [0.25, 0.3) is 0 Å². The van der Waals surface area contributed by atoms with E-state index in [1.54, 1.807) is 6.20 Å². The quantitative estimate of drug-likeness (QED) is 0.433. The van der Waals surface area contributed by atoms with Crippen LogP contribution in [0.2, 0.25) is 0 Å². The molecule has 5 nitrogen and oxygen atoms in total. The lowest BCUT2D eigenvalue weighted by Gasteiger charge is -2.09. The lowest BCUT2D eigenvalue weighted by atomic mass is 10.5. The van der Waals surface area contributed by atoms with Gasteiger partial charge in [-0.1, -0.05) is 16.9 Å². The van der Waals surface area contributed by atoms with Gasteiger partial charge in [-0.15, -0.1) is 0 Å². The van der Waals surface area contributed by atoms with Gasteiger partial charge in [-0.3, -0.25) is 9.36 Å². The van der Waals surface area contributed by atoms with Gasteiger partial charge in [0.1, 0.15) is 5.03 Å². The summed E-state index contributed by atoms with van der Waals surface area (Å²) in [6.45, 7) is 0. The molecule has 100 valence electrons. The van der Waals surface area contributed by atoms with Crippen LogP contribution in [0.1, 0.15) is 6.42 Å². The maximum Gasteiger partial charge on any atom is 0.303 e. The molecule has 1 aromatic rings. The highest BCUT2D eigenvalue weighted by molar-refractivity contribution is 8.76. The summed E-state index contributed by atoms with van der Waals surface area (Å²) < 4.78 is 11.6. The molecular weight excluding hydrogens is 293 g/mol. The molecule has 0 aliphatic heterocycles. The molecule has 0 spiro atoms. The van der Waals surface area contributed by atoms with Crippen LogP contribution in [-0.4, -0.2) is 39.0 Å². The first-order chi connectivity index (χ1) is 8.49. The highest BCUT2D eigenvalue weighted by Gasteiger charge is 2.19. The fourth-order valence-electron chi connectivity index (χ4n) is 1.06. The Labute approximate surface area is 113 Å². The van der Waals surface area contributed by atoms with Crippen LogP contribution < -0.4 is 0 Å². The number of nitrogens with zero attached hydrogens (tertiary/aromatic N) is 1. The van der Waals surface area contributed by atoms with E-state index < -0.39 is 13.3 Å². The molecule has 0 radical (unpaired) electrons. The fourth-order valence-corrected chi connectivity index (χ4v) is 5.28. The van der Waals surface area contributed by atoms with Gasteiger partial charge in [0.25, 0.3) is 0 Å². The molecule has 1 rings (SSSR count). The van der Waals surface area contributed by atoms with Crippen LogP contribution in [0.4, 0.5) is 0 Å². The summed E-state index contributed by atoms with van der Waals surface area (Å²) in [5, 5.41) is 9.30. The molecule has 0 aliphatic rings. The summed E-state index contributed by atoms with van der Waals surface area (Å²) in [7, 11) is -0.419.